The van der Waals surface area contributed by atoms with Gasteiger partial charge in [0.15, 0.2) is 9.81 Å². The van der Waals surface area contributed by atoms with E-state index in [1.165, 1.54) is 22.0 Å². The summed E-state index contributed by atoms with van der Waals surface area (Å²) in [5, 5.41) is 0.238. The molecule has 4 aromatic rings. The van der Waals surface area contributed by atoms with Crippen molar-refractivity contribution < 1.29 is 18.7 Å². The Morgan fingerprint density at radius 1 is 1.14 bits per heavy atom. The standard InChI is InChI=1S/C19H14FN3O3S2/c1-2-26-15(24)10-23-16-11(20)6-5-9-14(16)28-19(23)22-17(25)18-21-12-7-3-4-8-13(12)27-18/h3-9H,2,10H2,1H3. The maximum absolute atomic E-state index is 14.4. The molecule has 2 aromatic carbocycles. The number of hydrogen-bond donors (Lipinski definition) is 0. The molecule has 2 aromatic heterocycles. The number of para-hydroxylation sites is 2. The van der Waals surface area contributed by atoms with E-state index < -0.39 is 17.7 Å². The molecule has 28 heavy (non-hydrogen) atoms. The first-order valence-electron chi connectivity index (χ1n) is 8.45. The average Bonchev–Trinajstić information content (AvgIpc) is 3.24. The van der Waals surface area contributed by atoms with Crippen LogP contribution in [0, 0.1) is 5.82 Å². The molecule has 1 amide bonds. The van der Waals surface area contributed by atoms with Gasteiger partial charge in [-0.1, -0.05) is 29.5 Å². The zero-order valence-electron chi connectivity index (χ0n) is 14.7. The van der Waals surface area contributed by atoms with Gasteiger partial charge >= 0.3 is 11.9 Å². The topological polar surface area (TPSA) is 73.6 Å². The van der Waals surface area contributed by atoms with Crippen molar-refractivity contribution in [1.82, 2.24) is 9.55 Å². The van der Waals surface area contributed by atoms with E-state index in [0.717, 1.165) is 16.0 Å². The van der Waals surface area contributed by atoms with Crippen LogP contribution in [0.25, 0.3) is 20.4 Å². The predicted octanol–water partition coefficient (Wildman–Crippen LogP) is 3.76. The van der Waals surface area contributed by atoms with Gasteiger partial charge in [-0.05, 0) is 31.2 Å². The Bertz CT molecular complexity index is 1240. The van der Waals surface area contributed by atoms with Crippen molar-refractivity contribution in [2.75, 3.05) is 6.61 Å². The molecule has 0 bridgehead atoms. The smallest absolute Gasteiger partial charge is 0.326 e. The van der Waals surface area contributed by atoms with Crippen LogP contribution in [-0.4, -0.2) is 28.0 Å². The molecular weight excluding hydrogens is 401 g/mol. The van der Waals surface area contributed by atoms with E-state index >= 15 is 0 Å². The maximum Gasteiger partial charge on any atom is 0.326 e. The zero-order valence-corrected chi connectivity index (χ0v) is 16.3. The van der Waals surface area contributed by atoms with Crippen molar-refractivity contribution in [3.8, 4) is 0 Å². The van der Waals surface area contributed by atoms with Crippen LogP contribution in [-0.2, 0) is 16.1 Å². The van der Waals surface area contributed by atoms with E-state index in [0.29, 0.717) is 10.2 Å². The molecule has 0 saturated carbocycles. The Labute approximate surface area is 166 Å². The molecule has 0 aliphatic rings. The molecule has 0 saturated heterocycles. The average molecular weight is 415 g/mol. The van der Waals surface area contributed by atoms with E-state index in [9.17, 15) is 14.0 Å². The Morgan fingerprint density at radius 2 is 1.93 bits per heavy atom. The van der Waals surface area contributed by atoms with Gasteiger partial charge in [0, 0.05) is 0 Å². The Kier molecular flexibility index (Phi) is 5.01. The summed E-state index contributed by atoms with van der Waals surface area (Å²) in [7, 11) is 0. The summed E-state index contributed by atoms with van der Waals surface area (Å²) in [5.74, 6) is -1.56. The van der Waals surface area contributed by atoms with Crippen LogP contribution in [0.4, 0.5) is 4.39 Å². The minimum Gasteiger partial charge on any atom is -0.465 e. The minimum atomic E-state index is -0.536. The van der Waals surface area contributed by atoms with Gasteiger partial charge in [-0.3, -0.25) is 9.59 Å². The molecule has 0 spiro atoms. The fourth-order valence-electron chi connectivity index (χ4n) is 2.75. The number of thiazole rings is 2. The van der Waals surface area contributed by atoms with Crippen LogP contribution >= 0.6 is 22.7 Å². The summed E-state index contributed by atoms with van der Waals surface area (Å²) in [5.41, 5.74) is 0.934. The summed E-state index contributed by atoms with van der Waals surface area (Å²) in [4.78, 5) is 33.3. The fraction of sp³-hybridized carbons (Fsp3) is 0.158. The number of amides is 1. The van der Waals surface area contributed by atoms with Crippen molar-refractivity contribution in [3.05, 3.63) is 58.1 Å². The summed E-state index contributed by atoms with van der Waals surface area (Å²) >= 11 is 2.37. The third-order valence-corrected chi connectivity index (χ3v) is 5.99. The van der Waals surface area contributed by atoms with Gasteiger partial charge in [-0.25, -0.2) is 9.37 Å². The molecule has 0 atom stereocenters. The first-order valence-corrected chi connectivity index (χ1v) is 10.1. The zero-order chi connectivity index (χ0) is 19.7. The molecule has 0 fully saturated rings. The van der Waals surface area contributed by atoms with E-state index in [1.54, 1.807) is 19.1 Å². The third-order valence-electron chi connectivity index (χ3n) is 3.92. The van der Waals surface area contributed by atoms with Crippen molar-refractivity contribution in [2.24, 2.45) is 4.99 Å². The van der Waals surface area contributed by atoms with Gasteiger partial charge in [0.2, 0.25) is 0 Å². The number of fused-ring (bicyclic) bond motifs is 2. The van der Waals surface area contributed by atoms with E-state index in [2.05, 4.69) is 9.98 Å². The van der Waals surface area contributed by atoms with E-state index in [4.69, 9.17) is 4.74 Å². The SMILES string of the molecule is CCOC(=O)Cn1c(=NC(=O)c2nc3ccccc3s2)sc2cccc(F)c21. The van der Waals surface area contributed by atoms with Crippen molar-refractivity contribution in [3.63, 3.8) is 0 Å². The van der Waals surface area contributed by atoms with Crippen LogP contribution in [0.3, 0.4) is 0 Å². The Balaban J connectivity index is 1.83. The molecule has 6 nitrogen and oxygen atoms in total. The lowest BCUT2D eigenvalue weighted by Crippen LogP contribution is -2.23. The van der Waals surface area contributed by atoms with Gasteiger partial charge < -0.3 is 9.30 Å². The number of esters is 1. The molecule has 0 N–H and O–H groups in total. The normalized spacial score (nSPS) is 12.0. The van der Waals surface area contributed by atoms with Crippen molar-refractivity contribution >= 4 is 55.0 Å². The maximum atomic E-state index is 14.4. The quantitative estimate of drug-likeness (QED) is 0.476. The van der Waals surface area contributed by atoms with Crippen LogP contribution in [0.15, 0.2) is 47.5 Å². The van der Waals surface area contributed by atoms with Gasteiger partial charge in [0.25, 0.3) is 0 Å². The van der Waals surface area contributed by atoms with Crippen LogP contribution < -0.4 is 4.80 Å². The molecule has 9 heteroatoms. The highest BCUT2D eigenvalue weighted by Gasteiger charge is 2.17. The number of rotatable bonds is 4. The lowest BCUT2D eigenvalue weighted by atomic mass is 10.3. The Morgan fingerprint density at radius 3 is 2.71 bits per heavy atom. The van der Waals surface area contributed by atoms with Crippen LogP contribution in [0.2, 0.25) is 0 Å². The van der Waals surface area contributed by atoms with E-state index in [1.807, 2.05) is 24.3 Å². The molecule has 2 heterocycles. The third kappa shape index (κ3) is 3.46. The van der Waals surface area contributed by atoms with E-state index in [-0.39, 0.29) is 28.5 Å². The number of halogens is 1. The fourth-order valence-corrected chi connectivity index (χ4v) is 4.65. The second kappa shape index (κ2) is 7.61. The number of aromatic nitrogens is 2. The van der Waals surface area contributed by atoms with Crippen molar-refractivity contribution in [2.45, 2.75) is 13.5 Å². The number of hydrogen-bond acceptors (Lipinski definition) is 6. The lowest BCUT2D eigenvalue weighted by molar-refractivity contribution is -0.143. The molecule has 4 rings (SSSR count). The molecule has 0 aliphatic heterocycles. The number of benzene rings is 2. The van der Waals surface area contributed by atoms with Gasteiger partial charge in [-0.15, -0.1) is 11.3 Å². The molecule has 0 radical (unpaired) electrons. The number of carbonyl (C=O) groups is 2. The monoisotopic (exact) mass is 415 g/mol. The van der Waals surface area contributed by atoms with Crippen molar-refractivity contribution in [1.29, 1.82) is 0 Å². The van der Waals surface area contributed by atoms with Gasteiger partial charge in [-0.2, -0.15) is 4.99 Å². The second-order valence-electron chi connectivity index (χ2n) is 5.77. The molecule has 142 valence electrons. The van der Waals surface area contributed by atoms with Crippen LogP contribution in [0.5, 0.6) is 0 Å². The number of nitrogens with zero attached hydrogens (tertiary/aromatic N) is 3. The molecule has 0 unspecified atom stereocenters. The van der Waals surface area contributed by atoms with Crippen LogP contribution in [0.1, 0.15) is 16.7 Å². The summed E-state index contributed by atoms with van der Waals surface area (Å²) in [6, 6.07) is 12.0. The predicted molar refractivity (Wildman–Crippen MR) is 106 cm³/mol. The minimum absolute atomic E-state index is 0.209. The van der Waals surface area contributed by atoms with Gasteiger partial charge in [0.1, 0.15) is 12.4 Å². The molecular formula is C19H14FN3O3S2. The number of carbonyl (C=O) groups excluding carboxylic acids is 2. The van der Waals surface area contributed by atoms with Gasteiger partial charge in [0.05, 0.1) is 27.0 Å². The summed E-state index contributed by atoms with van der Waals surface area (Å²) in [6.07, 6.45) is 0. The highest BCUT2D eigenvalue weighted by atomic mass is 32.1. The summed E-state index contributed by atoms with van der Waals surface area (Å²) in [6.45, 7) is 1.67. The molecule has 0 aliphatic carbocycles. The second-order valence-corrected chi connectivity index (χ2v) is 7.81. The summed E-state index contributed by atoms with van der Waals surface area (Å²) < 4.78 is 22.2. The number of ether oxygens (including phenoxy) is 1. The first kappa shape index (κ1) is 18.5. The first-order chi connectivity index (χ1) is 13.6. The lowest BCUT2D eigenvalue weighted by Gasteiger charge is -2.05. The largest absolute Gasteiger partial charge is 0.465 e. The Hall–Kier alpha value is -2.91. The highest BCUT2D eigenvalue weighted by Crippen LogP contribution is 2.23. The highest BCUT2D eigenvalue weighted by molar-refractivity contribution is 7.20.